The van der Waals surface area contributed by atoms with Gasteiger partial charge in [-0.15, -0.1) is 20.4 Å². The SMILES string of the molecule is CCC(O)(C(=O)Nc1nnc(CCCCc2nnc(NC(=O)[C@@](O)(CC)c3ccccc3)s2)s1)c1ccccc1. The monoisotopic (exact) mass is 580 g/mol. The maximum absolute atomic E-state index is 12.8. The molecule has 0 saturated carbocycles. The van der Waals surface area contributed by atoms with Crippen LogP contribution in [0.4, 0.5) is 10.3 Å². The minimum absolute atomic E-state index is 0.220. The van der Waals surface area contributed by atoms with Crippen molar-refractivity contribution in [2.24, 2.45) is 0 Å². The molecule has 2 atom stereocenters. The number of benzene rings is 2. The maximum atomic E-state index is 12.8. The smallest absolute Gasteiger partial charge is 0.262 e. The molecule has 12 heteroatoms. The van der Waals surface area contributed by atoms with Gasteiger partial charge in [-0.1, -0.05) is 97.2 Å². The third kappa shape index (κ3) is 6.76. The first-order chi connectivity index (χ1) is 19.3. The topological polar surface area (TPSA) is 150 Å². The lowest BCUT2D eigenvalue weighted by molar-refractivity contribution is -0.135. The Bertz CT molecular complexity index is 1310. The van der Waals surface area contributed by atoms with Crippen LogP contribution in [0.25, 0.3) is 0 Å². The molecule has 0 aliphatic rings. The van der Waals surface area contributed by atoms with E-state index in [-0.39, 0.29) is 12.8 Å². The predicted octanol–water partition coefficient (Wildman–Crippen LogP) is 4.43. The van der Waals surface area contributed by atoms with Gasteiger partial charge < -0.3 is 10.2 Å². The van der Waals surface area contributed by atoms with Crippen LogP contribution in [0.5, 0.6) is 0 Å². The van der Waals surface area contributed by atoms with E-state index in [2.05, 4.69) is 31.0 Å². The summed E-state index contributed by atoms with van der Waals surface area (Å²) in [6, 6.07) is 17.7. The van der Waals surface area contributed by atoms with Gasteiger partial charge in [-0.3, -0.25) is 20.2 Å². The molecular formula is C28H32N6O4S2. The van der Waals surface area contributed by atoms with Crippen LogP contribution in [0.15, 0.2) is 60.7 Å². The number of nitrogens with one attached hydrogen (secondary N) is 2. The summed E-state index contributed by atoms with van der Waals surface area (Å²) in [7, 11) is 0. The molecule has 1 unspecified atom stereocenters. The Labute approximate surface area is 240 Å². The molecule has 10 nitrogen and oxygen atoms in total. The fraction of sp³-hybridized carbons (Fsp3) is 0.357. The Balaban J connectivity index is 1.24. The molecule has 0 bridgehead atoms. The van der Waals surface area contributed by atoms with Crippen molar-refractivity contribution >= 4 is 44.8 Å². The highest BCUT2D eigenvalue weighted by atomic mass is 32.1. The number of aromatic nitrogens is 4. The molecule has 210 valence electrons. The van der Waals surface area contributed by atoms with E-state index in [1.165, 1.54) is 22.7 Å². The number of hydrogen-bond acceptors (Lipinski definition) is 10. The van der Waals surface area contributed by atoms with Crippen LogP contribution in [0.1, 0.15) is 60.7 Å². The number of carbonyl (C=O) groups is 2. The molecule has 0 saturated heterocycles. The van der Waals surface area contributed by atoms with Gasteiger partial charge in [-0.05, 0) is 36.8 Å². The summed E-state index contributed by atoms with van der Waals surface area (Å²) in [5, 5.41) is 46.0. The van der Waals surface area contributed by atoms with E-state index < -0.39 is 23.0 Å². The number of rotatable bonds is 13. The molecule has 4 aromatic rings. The molecule has 4 N–H and O–H groups in total. The van der Waals surface area contributed by atoms with Gasteiger partial charge >= 0.3 is 0 Å². The lowest BCUT2D eigenvalue weighted by Gasteiger charge is -2.25. The van der Waals surface area contributed by atoms with Crippen LogP contribution in [0, 0.1) is 0 Å². The average molecular weight is 581 g/mol. The summed E-state index contributed by atoms with van der Waals surface area (Å²) in [5.41, 5.74) is -2.25. The summed E-state index contributed by atoms with van der Waals surface area (Å²) in [6.45, 7) is 3.51. The fourth-order valence-corrected chi connectivity index (χ4v) is 5.74. The van der Waals surface area contributed by atoms with Gasteiger partial charge in [-0.25, -0.2) is 0 Å². The van der Waals surface area contributed by atoms with Gasteiger partial charge in [0.05, 0.1) is 0 Å². The standard InChI is InChI=1S/C28H32N6O4S2/c1-3-27(37,19-13-7-5-8-14-19)23(35)29-25-33-31-21(39-25)17-11-12-18-22-32-34-26(40-22)30-24(36)28(38,4-2)20-15-9-6-10-16-20/h5-10,13-16,37-38H,3-4,11-12,17-18H2,1-2H3,(H,29,33,35)(H,30,34,36)/t27-,28?/m1/s1. The van der Waals surface area contributed by atoms with Crippen molar-refractivity contribution in [2.75, 3.05) is 10.6 Å². The van der Waals surface area contributed by atoms with Crippen LogP contribution in [0.3, 0.4) is 0 Å². The molecule has 0 aliphatic carbocycles. The second-order valence-electron chi connectivity index (χ2n) is 9.28. The molecule has 4 rings (SSSR count). The fourth-order valence-electron chi connectivity index (χ4n) is 4.18. The van der Waals surface area contributed by atoms with E-state index in [4.69, 9.17) is 0 Å². The number of carbonyl (C=O) groups excluding carboxylic acids is 2. The number of amides is 2. The summed E-state index contributed by atoms with van der Waals surface area (Å²) < 4.78 is 0. The van der Waals surface area contributed by atoms with E-state index in [1.54, 1.807) is 62.4 Å². The Hall–Kier alpha value is -3.58. The van der Waals surface area contributed by atoms with Crippen molar-refractivity contribution in [3.8, 4) is 0 Å². The van der Waals surface area contributed by atoms with Crippen molar-refractivity contribution in [1.29, 1.82) is 0 Å². The molecule has 40 heavy (non-hydrogen) atoms. The van der Waals surface area contributed by atoms with E-state index in [1.807, 2.05) is 12.1 Å². The summed E-state index contributed by atoms with van der Waals surface area (Å²) in [6.07, 6.45) is 3.42. The molecule has 0 fully saturated rings. The first kappa shape index (κ1) is 29.4. The van der Waals surface area contributed by atoms with Crippen LogP contribution >= 0.6 is 22.7 Å². The van der Waals surface area contributed by atoms with Gasteiger partial charge in [0, 0.05) is 12.8 Å². The minimum atomic E-state index is -1.65. The van der Waals surface area contributed by atoms with Gasteiger partial charge in [0.25, 0.3) is 11.8 Å². The van der Waals surface area contributed by atoms with E-state index in [0.29, 0.717) is 34.2 Å². The zero-order valence-corrected chi connectivity index (χ0v) is 24.0. The van der Waals surface area contributed by atoms with Crippen LogP contribution in [-0.2, 0) is 33.6 Å². The zero-order valence-electron chi connectivity index (χ0n) is 22.3. The Morgan fingerprint density at radius 3 is 1.40 bits per heavy atom. The number of unbranched alkanes of at least 4 members (excludes halogenated alkanes) is 1. The van der Waals surface area contributed by atoms with Crippen molar-refractivity contribution in [2.45, 2.75) is 63.6 Å². The quantitative estimate of drug-likeness (QED) is 0.170. The Morgan fingerprint density at radius 1 is 0.675 bits per heavy atom. The highest BCUT2D eigenvalue weighted by Crippen LogP contribution is 2.29. The molecule has 0 aliphatic heterocycles. The lowest BCUT2D eigenvalue weighted by Crippen LogP contribution is -2.39. The number of aliphatic hydroxyl groups is 2. The van der Waals surface area contributed by atoms with Crippen LogP contribution < -0.4 is 10.6 Å². The molecule has 2 aromatic carbocycles. The molecular weight excluding hydrogens is 548 g/mol. The molecule has 2 aromatic heterocycles. The molecule has 2 heterocycles. The highest BCUT2D eigenvalue weighted by molar-refractivity contribution is 7.15. The van der Waals surface area contributed by atoms with Crippen LogP contribution in [-0.4, -0.2) is 42.4 Å². The number of aryl methyl sites for hydroxylation is 2. The zero-order chi connectivity index (χ0) is 28.6. The van der Waals surface area contributed by atoms with E-state index in [0.717, 1.165) is 22.9 Å². The highest BCUT2D eigenvalue weighted by Gasteiger charge is 2.37. The largest absolute Gasteiger partial charge is 0.375 e. The van der Waals surface area contributed by atoms with Crippen molar-refractivity contribution in [3.63, 3.8) is 0 Å². The first-order valence-electron chi connectivity index (χ1n) is 13.1. The van der Waals surface area contributed by atoms with Crippen molar-refractivity contribution < 1.29 is 19.8 Å². The summed E-state index contributed by atoms with van der Waals surface area (Å²) in [5.74, 6) is -1.08. The third-order valence-corrected chi connectivity index (χ3v) is 8.48. The van der Waals surface area contributed by atoms with Gasteiger partial charge in [0.15, 0.2) is 11.2 Å². The Morgan fingerprint density at radius 2 is 1.05 bits per heavy atom. The molecule has 0 radical (unpaired) electrons. The van der Waals surface area contributed by atoms with Crippen LogP contribution in [0.2, 0.25) is 0 Å². The second-order valence-corrected chi connectivity index (χ2v) is 11.4. The van der Waals surface area contributed by atoms with Gasteiger partial charge in [0.1, 0.15) is 10.0 Å². The number of anilines is 2. The lowest BCUT2D eigenvalue weighted by atomic mass is 9.90. The van der Waals surface area contributed by atoms with Crippen molar-refractivity contribution in [3.05, 3.63) is 81.8 Å². The van der Waals surface area contributed by atoms with E-state index in [9.17, 15) is 19.8 Å². The van der Waals surface area contributed by atoms with Crippen molar-refractivity contribution in [1.82, 2.24) is 20.4 Å². The second kappa shape index (κ2) is 13.2. The van der Waals surface area contributed by atoms with E-state index >= 15 is 0 Å². The third-order valence-electron chi connectivity index (χ3n) is 6.68. The summed E-state index contributed by atoms with van der Waals surface area (Å²) in [4.78, 5) is 25.7. The van der Waals surface area contributed by atoms with Gasteiger partial charge in [0.2, 0.25) is 10.3 Å². The molecule has 0 spiro atoms. The van der Waals surface area contributed by atoms with Gasteiger partial charge in [-0.2, -0.15) is 0 Å². The molecule has 2 amide bonds. The maximum Gasteiger partial charge on any atom is 0.262 e. The summed E-state index contributed by atoms with van der Waals surface area (Å²) >= 11 is 2.56. The first-order valence-corrected chi connectivity index (χ1v) is 14.7. The Kier molecular flexibility index (Phi) is 9.69. The number of hydrogen-bond donors (Lipinski definition) is 4. The predicted molar refractivity (Wildman–Crippen MR) is 155 cm³/mol. The normalized spacial score (nSPS) is 14.2. The minimum Gasteiger partial charge on any atom is -0.375 e. The average Bonchev–Trinajstić information content (AvgIpc) is 3.64. The number of nitrogens with zero attached hydrogens (tertiary/aromatic N) is 4.